The number of carbonyl (C=O) groups excluding carboxylic acids is 1. The highest BCUT2D eigenvalue weighted by Gasteiger charge is 2.19. The summed E-state index contributed by atoms with van der Waals surface area (Å²) in [4.78, 5) is 12.5. The Hall–Kier alpha value is -2.29. The first-order chi connectivity index (χ1) is 12.1. The van der Waals surface area contributed by atoms with Crippen LogP contribution >= 0.6 is 0 Å². The molecule has 0 fully saturated rings. The predicted octanol–water partition coefficient (Wildman–Crippen LogP) is 5.25. The lowest BCUT2D eigenvalue weighted by Gasteiger charge is -2.22. The number of rotatable bonds is 5. The molecule has 0 aliphatic carbocycles. The van der Waals surface area contributed by atoms with Gasteiger partial charge in [-0.05, 0) is 61.9 Å². The van der Waals surface area contributed by atoms with Crippen LogP contribution < -0.4 is 10.1 Å². The summed E-state index contributed by atoms with van der Waals surface area (Å²) in [6.07, 6.45) is -0.553. The minimum atomic E-state index is -0.553. The first-order valence-corrected chi connectivity index (χ1v) is 9.22. The Balaban J connectivity index is 2.00. The van der Waals surface area contributed by atoms with E-state index in [1.165, 1.54) is 16.7 Å². The molecule has 0 radical (unpaired) electrons. The molecular formula is C23H31NO2. The highest BCUT2D eigenvalue weighted by atomic mass is 16.5. The number of aryl methyl sites for hydroxylation is 2. The number of hydrogen-bond acceptors (Lipinski definition) is 2. The number of amides is 1. The van der Waals surface area contributed by atoms with Crippen LogP contribution in [0, 0.1) is 13.8 Å². The molecule has 2 aromatic rings. The summed E-state index contributed by atoms with van der Waals surface area (Å²) >= 11 is 0. The summed E-state index contributed by atoms with van der Waals surface area (Å²) in [7, 11) is 0. The van der Waals surface area contributed by atoms with Crippen LogP contribution in [0.5, 0.6) is 5.75 Å². The van der Waals surface area contributed by atoms with Crippen LogP contribution in [-0.2, 0) is 10.2 Å². The molecule has 0 aromatic heterocycles. The van der Waals surface area contributed by atoms with Crippen molar-refractivity contribution in [1.29, 1.82) is 0 Å². The van der Waals surface area contributed by atoms with Gasteiger partial charge in [0.2, 0.25) is 0 Å². The van der Waals surface area contributed by atoms with Gasteiger partial charge in [0, 0.05) is 0 Å². The molecule has 2 aromatic carbocycles. The number of carbonyl (C=O) groups is 1. The van der Waals surface area contributed by atoms with Gasteiger partial charge in [-0.3, -0.25) is 4.79 Å². The lowest BCUT2D eigenvalue weighted by molar-refractivity contribution is -0.127. The van der Waals surface area contributed by atoms with Gasteiger partial charge < -0.3 is 10.1 Å². The van der Waals surface area contributed by atoms with Crippen LogP contribution in [0.1, 0.15) is 62.9 Å². The maximum atomic E-state index is 12.5. The van der Waals surface area contributed by atoms with E-state index in [0.717, 1.165) is 5.56 Å². The van der Waals surface area contributed by atoms with Gasteiger partial charge in [0.15, 0.2) is 6.10 Å². The third-order valence-electron chi connectivity index (χ3n) is 4.66. The van der Waals surface area contributed by atoms with Gasteiger partial charge in [0.1, 0.15) is 5.75 Å². The monoisotopic (exact) mass is 353 g/mol. The topological polar surface area (TPSA) is 38.3 Å². The molecule has 0 aliphatic rings. The van der Waals surface area contributed by atoms with Crippen molar-refractivity contribution in [3.8, 4) is 5.75 Å². The summed E-state index contributed by atoms with van der Waals surface area (Å²) in [6, 6.07) is 14.2. The second-order valence-electron chi connectivity index (χ2n) is 8.12. The predicted molar refractivity (Wildman–Crippen MR) is 108 cm³/mol. The van der Waals surface area contributed by atoms with Crippen molar-refractivity contribution in [2.75, 3.05) is 0 Å². The summed E-state index contributed by atoms with van der Waals surface area (Å²) in [5.41, 5.74) is 4.85. The molecule has 0 unspecified atom stereocenters. The SMILES string of the molecule is Cc1ccc(C)c([C@H](C)NC(=O)[C@H](C)Oc2ccc(C(C)(C)C)cc2)c1. The molecule has 2 rings (SSSR count). The molecule has 3 heteroatoms. The quantitative estimate of drug-likeness (QED) is 0.798. The van der Waals surface area contributed by atoms with E-state index in [4.69, 9.17) is 4.74 Å². The molecule has 0 saturated carbocycles. The summed E-state index contributed by atoms with van der Waals surface area (Å²) < 4.78 is 5.82. The van der Waals surface area contributed by atoms with Crippen LogP contribution in [0.2, 0.25) is 0 Å². The van der Waals surface area contributed by atoms with Crippen LogP contribution in [0.4, 0.5) is 0 Å². The Labute approximate surface area is 157 Å². The van der Waals surface area contributed by atoms with Gasteiger partial charge in [0.25, 0.3) is 5.91 Å². The Morgan fingerprint density at radius 2 is 1.62 bits per heavy atom. The summed E-state index contributed by atoms with van der Waals surface area (Å²) in [6.45, 7) is 14.4. The van der Waals surface area contributed by atoms with Gasteiger partial charge in [-0.2, -0.15) is 0 Å². The van der Waals surface area contributed by atoms with Crippen LogP contribution in [0.3, 0.4) is 0 Å². The van der Waals surface area contributed by atoms with Crippen molar-refractivity contribution in [2.45, 2.75) is 66.0 Å². The molecule has 0 aliphatic heterocycles. The Morgan fingerprint density at radius 1 is 1.00 bits per heavy atom. The van der Waals surface area contributed by atoms with Gasteiger partial charge in [-0.25, -0.2) is 0 Å². The number of ether oxygens (including phenoxy) is 1. The Morgan fingerprint density at radius 3 is 2.19 bits per heavy atom. The maximum Gasteiger partial charge on any atom is 0.261 e. The third-order valence-corrected chi connectivity index (χ3v) is 4.66. The van der Waals surface area contributed by atoms with Gasteiger partial charge >= 0.3 is 0 Å². The van der Waals surface area contributed by atoms with Crippen molar-refractivity contribution in [3.05, 3.63) is 64.7 Å². The molecule has 0 bridgehead atoms. The normalized spacial score (nSPS) is 13.8. The zero-order valence-electron chi connectivity index (χ0n) is 17.0. The summed E-state index contributed by atoms with van der Waals surface area (Å²) in [5.74, 6) is 0.596. The average Bonchev–Trinajstić information content (AvgIpc) is 2.56. The van der Waals surface area contributed by atoms with Gasteiger partial charge in [-0.15, -0.1) is 0 Å². The molecule has 2 atom stereocenters. The van der Waals surface area contributed by atoms with Crippen molar-refractivity contribution in [3.63, 3.8) is 0 Å². The van der Waals surface area contributed by atoms with E-state index >= 15 is 0 Å². The standard InChI is InChI=1S/C23H31NO2/c1-15-8-9-16(2)21(14-15)17(3)24-22(25)18(4)26-20-12-10-19(11-13-20)23(5,6)7/h8-14,17-18H,1-7H3,(H,24,25)/t17-,18-/m0/s1. The minimum absolute atomic E-state index is 0.0586. The zero-order valence-corrected chi connectivity index (χ0v) is 17.0. The van der Waals surface area contributed by atoms with Crippen molar-refractivity contribution in [1.82, 2.24) is 5.32 Å². The van der Waals surface area contributed by atoms with E-state index in [1.54, 1.807) is 6.92 Å². The van der Waals surface area contributed by atoms with E-state index in [-0.39, 0.29) is 17.4 Å². The fraction of sp³-hybridized carbons (Fsp3) is 0.435. The molecule has 1 N–H and O–H groups in total. The molecule has 26 heavy (non-hydrogen) atoms. The minimum Gasteiger partial charge on any atom is -0.481 e. The van der Waals surface area contributed by atoms with Crippen LogP contribution in [-0.4, -0.2) is 12.0 Å². The van der Waals surface area contributed by atoms with Crippen LogP contribution in [0.25, 0.3) is 0 Å². The molecule has 0 spiro atoms. The van der Waals surface area contributed by atoms with E-state index < -0.39 is 6.10 Å². The van der Waals surface area contributed by atoms with Crippen molar-refractivity contribution < 1.29 is 9.53 Å². The molecule has 140 valence electrons. The zero-order chi connectivity index (χ0) is 19.5. The van der Waals surface area contributed by atoms with Crippen molar-refractivity contribution in [2.24, 2.45) is 0 Å². The second-order valence-corrected chi connectivity index (χ2v) is 8.12. The lowest BCUT2D eigenvalue weighted by Crippen LogP contribution is -2.38. The average molecular weight is 354 g/mol. The maximum absolute atomic E-state index is 12.5. The highest BCUT2D eigenvalue weighted by molar-refractivity contribution is 5.81. The first kappa shape index (κ1) is 20.0. The molecule has 0 saturated heterocycles. The molecule has 3 nitrogen and oxygen atoms in total. The van der Waals surface area contributed by atoms with E-state index in [2.05, 4.69) is 70.3 Å². The fourth-order valence-corrected chi connectivity index (χ4v) is 2.93. The Kier molecular flexibility index (Phi) is 6.12. The highest BCUT2D eigenvalue weighted by Crippen LogP contribution is 2.25. The largest absolute Gasteiger partial charge is 0.481 e. The molecule has 1 amide bonds. The lowest BCUT2D eigenvalue weighted by atomic mass is 9.87. The van der Waals surface area contributed by atoms with Gasteiger partial charge in [-0.1, -0.05) is 56.7 Å². The third kappa shape index (κ3) is 5.10. The van der Waals surface area contributed by atoms with Crippen LogP contribution in [0.15, 0.2) is 42.5 Å². The Bertz CT molecular complexity index is 757. The molecule has 0 heterocycles. The van der Waals surface area contributed by atoms with Crippen molar-refractivity contribution >= 4 is 5.91 Å². The number of hydrogen-bond donors (Lipinski definition) is 1. The smallest absolute Gasteiger partial charge is 0.261 e. The van der Waals surface area contributed by atoms with E-state index in [1.807, 2.05) is 19.1 Å². The number of nitrogens with one attached hydrogen (secondary N) is 1. The fourth-order valence-electron chi connectivity index (χ4n) is 2.93. The summed E-state index contributed by atoms with van der Waals surface area (Å²) in [5, 5.41) is 3.06. The van der Waals surface area contributed by atoms with E-state index in [9.17, 15) is 4.79 Å². The second kappa shape index (κ2) is 7.94. The number of benzene rings is 2. The molecular weight excluding hydrogens is 322 g/mol. The van der Waals surface area contributed by atoms with E-state index in [0.29, 0.717) is 5.75 Å². The first-order valence-electron chi connectivity index (χ1n) is 9.22. The van der Waals surface area contributed by atoms with Gasteiger partial charge in [0.05, 0.1) is 6.04 Å².